The summed E-state index contributed by atoms with van der Waals surface area (Å²) in [6.45, 7) is 7.75. The monoisotopic (exact) mass is 466 g/mol. The van der Waals surface area contributed by atoms with Gasteiger partial charge in [-0.3, -0.25) is 0 Å². The summed E-state index contributed by atoms with van der Waals surface area (Å²) in [5, 5.41) is 7.07. The molecule has 0 saturated carbocycles. The fourth-order valence-corrected chi connectivity index (χ4v) is 5.22. The van der Waals surface area contributed by atoms with E-state index in [1.807, 2.05) is 0 Å². The summed E-state index contributed by atoms with van der Waals surface area (Å²) in [7, 11) is 0. The zero-order chi connectivity index (χ0) is 22.6. The van der Waals surface area contributed by atoms with Crippen LogP contribution in [0.4, 0.5) is 17.6 Å². The summed E-state index contributed by atoms with van der Waals surface area (Å²) in [5.74, 6) is 3.17. The number of nitrogens with zero attached hydrogens (tertiary/aromatic N) is 4. The zero-order valence-electron chi connectivity index (χ0n) is 19.4. The summed E-state index contributed by atoms with van der Waals surface area (Å²) in [5.41, 5.74) is 2.81. The van der Waals surface area contributed by atoms with Crippen molar-refractivity contribution < 1.29 is 4.74 Å². The Labute approximate surface area is 201 Å². The lowest BCUT2D eigenvalue weighted by Crippen LogP contribution is -2.37. The Hall–Kier alpha value is -2.45. The van der Waals surface area contributed by atoms with E-state index in [1.165, 1.54) is 24.0 Å². The highest BCUT2D eigenvalue weighted by Gasteiger charge is 2.23. The van der Waals surface area contributed by atoms with Gasteiger partial charge in [0.1, 0.15) is 11.6 Å². The molecule has 0 radical (unpaired) electrons. The summed E-state index contributed by atoms with van der Waals surface area (Å²) in [6.07, 6.45) is 5.93. The van der Waals surface area contributed by atoms with Crippen LogP contribution in [-0.2, 0) is 17.7 Å². The van der Waals surface area contributed by atoms with Crippen LogP contribution >= 0.6 is 12.2 Å². The third kappa shape index (κ3) is 5.55. The Balaban J connectivity index is 1.35. The van der Waals surface area contributed by atoms with Crippen LogP contribution in [0.5, 0.6) is 0 Å². The van der Waals surface area contributed by atoms with Gasteiger partial charge < -0.3 is 25.2 Å². The van der Waals surface area contributed by atoms with Crippen LogP contribution in [0, 0.1) is 5.92 Å². The van der Waals surface area contributed by atoms with E-state index in [0.29, 0.717) is 23.5 Å². The van der Waals surface area contributed by atoms with Gasteiger partial charge in [-0.05, 0) is 61.4 Å². The third-order valence-corrected chi connectivity index (χ3v) is 7.12. The highest BCUT2D eigenvalue weighted by atomic mass is 32.1. The lowest BCUT2D eigenvalue weighted by atomic mass is 10.00. The van der Waals surface area contributed by atoms with Gasteiger partial charge in [-0.1, -0.05) is 31.2 Å². The van der Waals surface area contributed by atoms with E-state index in [2.05, 4.69) is 57.7 Å². The molecule has 1 aromatic carbocycles. The molecule has 8 heteroatoms. The van der Waals surface area contributed by atoms with Gasteiger partial charge in [0.25, 0.3) is 0 Å². The Morgan fingerprint density at radius 1 is 1.09 bits per heavy atom. The lowest BCUT2D eigenvalue weighted by molar-refractivity contribution is 0.114. The third-order valence-electron chi connectivity index (χ3n) is 6.87. The van der Waals surface area contributed by atoms with Crippen molar-refractivity contribution in [2.45, 2.75) is 51.7 Å². The van der Waals surface area contributed by atoms with Crippen molar-refractivity contribution >= 4 is 34.9 Å². The first kappa shape index (κ1) is 22.3. The maximum atomic E-state index is 5.69. The van der Waals surface area contributed by atoms with E-state index < -0.39 is 0 Å². The SMILES string of the molecule is C[C@H]1CCCN(c2cc(N3CCc4ccccc4C3)nc(NC(=S)NC[C@@H]3CCCO3)n2)C1. The summed E-state index contributed by atoms with van der Waals surface area (Å²) >= 11 is 5.56. The number of piperidine rings is 1. The molecule has 0 aliphatic carbocycles. The van der Waals surface area contributed by atoms with Gasteiger partial charge in [0, 0.05) is 45.4 Å². The van der Waals surface area contributed by atoms with Crippen LogP contribution in [0.25, 0.3) is 0 Å². The molecule has 33 heavy (non-hydrogen) atoms. The molecular weight excluding hydrogens is 432 g/mol. The molecule has 3 aliphatic heterocycles. The largest absolute Gasteiger partial charge is 0.376 e. The first-order valence-corrected chi connectivity index (χ1v) is 12.7. The van der Waals surface area contributed by atoms with Gasteiger partial charge in [0.15, 0.2) is 5.11 Å². The number of benzene rings is 1. The van der Waals surface area contributed by atoms with Crippen LogP contribution < -0.4 is 20.4 Å². The Morgan fingerprint density at radius 2 is 1.91 bits per heavy atom. The standard InChI is InChI=1S/C25H34N6OS/c1-18-6-4-11-30(16-18)22-14-23(31-12-10-19-7-2-3-8-20(19)17-31)28-24(27-22)29-25(33)26-15-21-9-5-13-32-21/h2-3,7-8,14,18,21H,4-6,9-13,15-17H2,1H3,(H2,26,27,28,29,33)/t18-,21-/m0/s1. The molecule has 2 aromatic rings. The highest BCUT2D eigenvalue weighted by Crippen LogP contribution is 2.29. The van der Waals surface area contributed by atoms with Crippen molar-refractivity contribution in [3.8, 4) is 0 Å². The number of hydrogen-bond acceptors (Lipinski definition) is 6. The molecule has 3 aliphatic rings. The highest BCUT2D eigenvalue weighted by molar-refractivity contribution is 7.80. The number of fused-ring (bicyclic) bond motifs is 1. The maximum Gasteiger partial charge on any atom is 0.232 e. The number of aromatic nitrogens is 2. The molecule has 0 unspecified atom stereocenters. The summed E-state index contributed by atoms with van der Waals surface area (Å²) in [6, 6.07) is 10.9. The zero-order valence-corrected chi connectivity index (χ0v) is 20.2. The molecule has 4 heterocycles. The van der Waals surface area contributed by atoms with Crippen LogP contribution in [0.15, 0.2) is 30.3 Å². The molecule has 2 atom stereocenters. The average molecular weight is 467 g/mol. The predicted molar refractivity (Wildman–Crippen MR) is 137 cm³/mol. The number of anilines is 3. The van der Waals surface area contributed by atoms with Crippen molar-refractivity contribution in [1.29, 1.82) is 0 Å². The molecule has 5 rings (SSSR count). The van der Waals surface area contributed by atoms with Crippen LogP contribution in [0.3, 0.4) is 0 Å². The molecule has 2 N–H and O–H groups in total. The van der Waals surface area contributed by atoms with Crippen molar-refractivity contribution in [2.75, 3.05) is 47.9 Å². The van der Waals surface area contributed by atoms with Gasteiger partial charge in [0.2, 0.25) is 5.95 Å². The Kier molecular flexibility index (Phi) is 6.92. The topological polar surface area (TPSA) is 65.5 Å². The second-order valence-corrected chi connectivity index (χ2v) is 9.92. The van der Waals surface area contributed by atoms with E-state index >= 15 is 0 Å². The number of hydrogen-bond donors (Lipinski definition) is 2. The molecular formula is C25H34N6OS. The van der Waals surface area contributed by atoms with E-state index in [-0.39, 0.29) is 6.10 Å². The van der Waals surface area contributed by atoms with Gasteiger partial charge >= 0.3 is 0 Å². The predicted octanol–water partition coefficient (Wildman–Crippen LogP) is 3.74. The first-order valence-electron chi connectivity index (χ1n) is 12.3. The first-order chi connectivity index (χ1) is 16.1. The molecule has 2 saturated heterocycles. The van der Waals surface area contributed by atoms with Crippen molar-refractivity contribution in [2.24, 2.45) is 5.92 Å². The minimum atomic E-state index is 0.232. The van der Waals surface area contributed by atoms with Gasteiger partial charge in [-0.15, -0.1) is 0 Å². The summed E-state index contributed by atoms with van der Waals surface area (Å²) < 4.78 is 5.69. The number of ether oxygens (including phenoxy) is 1. The Bertz CT molecular complexity index is 979. The van der Waals surface area contributed by atoms with Crippen LogP contribution in [0.1, 0.15) is 43.7 Å². The molecule has 176 valence electrons. The number of thiocarbonyl (C=S) groups is 1. The molecule has 7 nitrogen and oxygen atoms in total. The van der Waals surface area contributed by atoms with E-state index in [9.17, 15) is 0 Å². The van der Waals surface area contributed by atoms with E-state index in [1.54, 1.807) is 0 Å². The van der Waals surface area contributed by atoms with Crippen molar-refractivity contribution in [1.82, 2.24) is 15.3 Å². The van der Waals surface area contributed by atoms with Crippen LogP contribution in [0.2, 0.25) is 0 Å². The molecule has 0 bridgehead atoms. The quantitative estimate of drug-likeness (QED) is 0.646. The Morgan fingerprint density at radius 3 is 2.70 bits per heavy atom. The van der Waals surface area contributed by atoms with E-state index in [0.717, 1.165) is 63.7 Å². The fourth-order valence-electron chi connectivity index (χ4n) is 5.05. The second kappa shape index (κ2) is 10.2. The smallest absolute Gasteiger partial charge is 0.232 e. The number of rotatable bonds is 5. The van der Waals surface area contributed by atoms with Crippen molar-refractivity contribution in [3.05, 3.63) is 41.5 Å². The van der Waals surface area contributed by atoms with Gasteiger partial charge in [-0.2, -0.15) is 9.97 Å². The van der Waals surface area contributed by atoms with Gasteiger partial charge in [-0.25, -0.2) is 0 Å². The minimum Gasteiger partial charge on any atom is -0.376 e. The average Bonchev–Trinajstić information content (AvgIpc) is 3.36. The summed E-state index contributed by atoms with van der Waals surface area (Å²) in [4.78, 5) is 14.5. The van der Waals surface area contributed by atoms with Crippen molar-refractivity contribution in [3.63, 3.8) is 0 Å². The maximum absolute atomic E-state index is 5.69. The normalized spacial score (nSPS) is 22.7. The second-order valence-electron chi connectivity index (χ2n) is 9.51. The lowest BCUT2D eigenvalue weighted by Gasteiger charge is -2.34. The fraction of sp³-hybridized carbons (Fsp3) is 0.560. The molecule has 0 spiro atoms. The number of nitrogens with one attached hydrogen (secondary N) is 2. The molecule has 2 fully saturated rings. The van der Waals surface area contributed by atoms with Gasteiger partial charge in [0.05, 0.1) is 6.10 Å². The molecule has 0 amide bonds. The molecule has 1 aromatic heterocycles. The van der Waals surface area contributed by atoms with E-state index in [4.69, 9.17) is 26.9 Å². The minimum absolute atomic E-state index is 0.232. The van der Waals surface area contributed by atoms with Crippen LogP contribution in [-0.4, -0.2) is 54.0 Å².